The van der Waals surface area contributed by atoms with Crippen molar-refractivity contribution in [2.24, 2.45) is 0 Å². The summed E-state index contributed by atoms with van der Waals surface area (Å²) in [5.41, 5.74) is 2.07. The summed E-state index contributed by atoms with van der Waals surface area (Å²) in [5, 5.41) is 16.3. The molecule has 4 atom stereocenters. The third kappa shape index (κ3) is 5.80. The maximum absolute atomic E-state index is 13.8. The largest absolute Gasteiger partial charge is 0.508 e. The number of aromatic hydroxyl groups is 1. The second kappa shape index (κ2) is 11.3. The zero-order valence-corrected chi connectivity index (χ0v) is 21.1. The number of carbonyl (C=O) groups excluding carboxylic acids is 3. The van der Waals surface area contributed by atoms with Crippen LogP contribution in [0.1, 0.15) is 43.2 Å². The Balaban J connectivity index is 1.42. The van der Waals surface area contributed by atoms with E-state index < -0.39 is 18.1 Å². The summed E-state index contributed by atoms with van der Waals surface area (Å²) in [6, 6.07) is 15.3. The van der Waals surface area contributed by atoms with Crippen LogP contribution in [0.3, 0.4) is 0 Å². The van der Waals surface area contributed by atoms with E-state index in [-0.39, 0.29) is 29.5 Å². The average molecular weight is 505 g/mol. The predicted molar refractivity (Wildman–Crippen MR) is 140 cm³/mol. The third-order valence-corrected chi connectivity index (χ3v) is 7.89. The number of phenolic OH excluding ortho intramolecular Hbond substituents is 1. The van der Waals surface area contributed by atoms with E-state index in [9.17, 15) is 19.5 Å². The number of benzene rings is 2. The van der Waals surface area contributed by atoms with Crippen molar-refractivity contribution >= 4 is 17.7 Å². The molecule has 3 heterocycles. The summed E-state index contributed by atoms with van der Waals surface area (Å²) < 4.78 is 0. The smallest absolute Gasteiger partial charge is 0.246 e. The van der Waals surface area contributed by atoms with Gasteiger partial charge in [-0.3, -0.25) is 14.4 Å². The third-order valence-electron chi connectivity index (χ3n) is 7.89. The Labute approximate surface area is 218 Å². The molecule has 2 aromatic carbocycles. The van der Waals surface area contributed by atoms with Gasteiger partial charge in [0.05, 0.1) is 6.04 Å². The van der Waals surface area contributed by atoms with Crippen LogP contribution < -0.4 is 10.6 Å². The highest BCUT2D eigenvalue weighted by atomic mass is 16.3. The van der Waals surface area contributed by atoms with E-state index in [2.05, 4.69) is 10.6 Å². The van der Waals surface area contributed by atoms with E-state index >= 15 is 0 Å². The van der Waals surface area contributed by atoms with Gasteiger partial charge < -0.3 is 25.5 Å². The van der Waals surface area contributed by atoms with Gasteiger partial charge in [-0.15, -0.1) is 0 Å². The highest BCUT2D eigenvalue weighted by molar-refractivity contribution is 5.94. The molecule has 0 bridgehead atoms. The highest BCUT2D eigenvalue weighted by Gasteiger charge is 2.43. The van der Waals surface area contributed by atoms with Crippen LogP contribution in [0.2, 0.25) is 0 Å². The van der Waals surface area contributed by atoms with E-state index in [0.29, 0.717) is 51.7 Å². The first kappa shape index (κ1) is 25.3. The molecule has 196 valence electrons. The van der Waals surface area contributed by atoms with Gasteiger partial charge in [0.1, 0.15) is 17.8 Å². The molecule has 0 radical (unpaired) electrons. The van der Waals surface area contributed by atoms with Crippen molar-refractivity contribution in [3.63, 3.8) is 0 Å². The second-order valence-electron chi connectivity index (χ2n) is 10.4. The fourth-order valence-corrected chi connectivity index (χ4v) is 5.95. The molecule has 0 aliphatic carbocycles. The molecule has 0 spiro atoms. The minimum Gasteiger partial charge on any atom is -0.508 e. The summed E-state index contributed by atoms with van der Waals surface area (Å²) in [4.78, 5) is 44.4. The van der Waals surface area contributed by atoms with Crippen molar-refractivity contribution in [1.29, 1.82) is 0 Å². The van der Waals surface area contributed by atoms with Gasteiger partial charge in [0, 0.05) is 19.1 Å². The minimum absolute atomic E-state index is 0.0379. The van der Waals surface area contributed by atoms with E-state index in [4.69, 9.17) is 0 Å². The molecular weight excluding hydrogens is 468 g/mol. The molecular formula is C29H36N4O4. The summed E-state index contributed by atoms with van der Waals surface area (Å²) in [5.74, 6) is -0.0572. The molecule has 0 saturated carbocycles. The molecule has 3 N–H and O–H groups in total. The Morgan fingerprint density at radius 1 is 0.757 bits per heavy atom. The van der Waals surface area contributed by atoms with Gasteiger partial charge in [0.2, 0.25) is 17.7 Å². The Kier molecular flexibility index (Phi) is 7.74. The molecule has 8 nitrogen and oxygen atoms in total. The first-order valence-corrected chi connectivity index (χ1v) is 13.5. The number of fused-ring (bicyclic) bond motifs is 2. The lowest BCUT2D eigenvalue weighted by Crippen LogP contribution is -2.55. The topological polar surface area (TPSA) is 102 Å². The zero-order chi connectivity index (χ0) is 25.8. The van der Waals surface area contributed by atoms with Gasteiger partial charge in [-0.25, -0.2) is 0 Å². The lowest BCUT2D eigenvalue weighted by atomic mass is 10.0. The maximum atomic E-state index is 13.8. The molecule has 3 aliphatic rings. The standard InChI is InChI=1S/C29H36N4O4/c34-23-12-10-21(11-13-23)18-22-14-15-30-24(19-20-6-2-1-3-7-20)28(36)33-17-5-9-26(33)29(37)32-16-4-8-25(32)27(35)31-22/h1-3,6-7,10-13,22,24-26,30,34H,4-5,8-9,14-19H2,(H,31,35). The molecule has 2 aromatic rings. The summed E-state index contributed by atoms with van der Waals surface area (Å²) in [6.07, 6.45) is 4.62. The van der Waals surface area contributed by atoms with Gasteiger partial charge in [0.25, 0.3) is 0 Å². The molecule has 0 aromatic heterocycles. The van der Waals surface area contributed by atoms with Crippen LogP contribution in [0, 0.1) is 0 Å². The fourth-order valence-electron chi connectivity index (χ4n) is 5.95. The zero-order valence-electron chi connectivity index (χ0n) is 21.1. The van der Waals surface area contributed by atoms with E-state index in [1.807, 2.05) is 42.5 Å². The quantitative estimate of drug-likeness (QED) is 0.591. The number of hydrogen-bond acceptors (Lipinski definition) is 5. The summed E-state index contributed by atoms with van der Waals surface area (Å²) in [6.45, 7) is 1.66. The van der Waals surface area contributed by atoms with Crippen LogP contribution in [0.5, 0.6) is 5.75 Å². The molecule has 4 unspecified atom stereocenters. The molecule has 8 heteroatoms. The molecule has 3 amide bonds. The van der Waals surface area contributed by atoms with Gasteiger partial charge in [0.15, 0.2) is 0 Å². The van der Waals surface area contributed by atoms with Crippen LogP contribution in [-0.4, -0.2) is 76.4 Å². The molecule has 3 saturated heterocycles. The van der Waals surface area contributed by atoms with Crippen molar-refractivity contribution < 1.29 is 19.5 Å². The number of rotatable bonds is 4. The van der Waals surface area contributed by atoms with Crippen molar-refractivity contribution in [1.82, 2.24) is 20.4 Å². The molecule has 3 aliphatic heterocycles. The average Bonchev–Trinajstić information content (AvgIpc) is 3.59. The van der Waals surface area contributed by atoms with Crippen LogP contribution in [-0.2, 0) is 27.2 Å². The van der Waals surface area contributed by atoms with Crippen LogP contribution in [0.15, 0.2) is 54.6 Å². The molecule has 5 rings (SSSR count). The van der Waals surface area contributed by atoms with E-state index in [1.54, 1.807) is 21.9 Å². The van der Waals surface area contributed by atoms with Gasteiger partial charge >= 0.3 is 0 Å². The fraction of sp³-hybridized carbons (Fsp3) is 0.483. The first-order valence-electron chi connectivity index (χ1n) is 13.5. The van der Waals surface area contributed by atoms with E-state index in [1.165, 1.54) is 0 Å². The van der Waals surface area contributed by atoms with Crippen LogP contribution in [0.4, 0.5) is 0 Å². The van der Waals surface area contributed by atoms with Crippen molar-refractivity contribution in [2.75, 3.05) is 19.6 Å². The number of phenols is 1. The van der Waals surface area contributed by atoms with E-state index in [0.717, 1.165) is 24.0 Å². The van der Waals surface area contributed by atoms with Gasteiger partial charge in [-0.2, -0.15) is 0 Å². The Hall–Kier alpha value is -3.39. The lowest BCUT2D eigenvalue weighted by Gasteiger charge is -2.32. The van der Waals surface area contributed by atoms with Crippen molar-refractivity contribution in [2.45, 2.75) is 69.1 Å². The number of nitrogens with one attached hydrogen (secondary N) is 2. The summed E-state index contributed by atoms with van der Waals surface area (Å²) in [7, 11) is 0. The second-order valence-corrected chi connectivity index (χ2v) is 10.4. The molecule has 3 fully saturated rings. The highest BCUT2D eigenvalue weighted by Crippen LogP contribution is 2.26. The lowest BCUT2D eigenvalue weighted by molar-refractivity contribution is -0.147. The van der Waals surface area contributed by atoms with Crippen LogP contribution in [0.25, 0.3) is 0 Å². The normalized spacial score (nSPS) is 27.1. The number of hydrogen-bond donors (Lipinski definition) is 3. The monoisotopic (exact) mass is 504 g/mol. The Bertz CT molecular complexity index is 1110. The van der Waals surface area contributed by atoms with Crippen molar-refractivity contribution in [3.05, 3.63) is 65.7 Å². The SMILES string of the molecule is O=C1NC(Cc2ccc(O)cc2)CCNC(Cc2ccccc2)C(=O)N2CCCC2C(=O)N2CCCC12. The number of carbonyl (C=O) groups is 3. The maximum Gasteiger partial charge on any atom is 0.246 e. The first-order chi connectivity index (χ1) is 18.0. The minimum atomic E-state index is -0.505. The van der Waals surface area contributed by atoms with Crippen LogP contribution >= 0.6 is 0 Å². The Morgan fingerprint density at radius 2 is 1.41 bits per heavy atom. The number of amides is 3. The number of nitrogens with zero attached hydrogens (tertiary/aromatic N) is 2. The van der Waals surface area contributed by atoms with Gasteiger partial charge in [-0.05, 0) is 74.8 Å². The molecule has 37 heavy (non-hydrogen) atoms. The van der Waals surface area contributed by atoms with Gasteiger partial charge in [-0.1, -0.05) is 42.5 Å². The Morgan fingerprint density at radius 3 is 2.14 bits per heavy atom. The van der Waals surface area contributed by atoms with Crippen molar-refractivity contribution in [3.8, 4) is 5.75 Å². The predicted octanol–water partition coefficient (Wildman–Crippen LogP) is 2.01. The summed E-state index contributed by atoms with van der Waals surface area (Å²) >= 11 is 0.